The van der Waals surface area contributed by atoms with E-state index in [1.54, 1.807) is 25.1 Å². The maximum atomic E-state index is 13.8. The molecule has 0 saturated carbocycles. The molecule has 1 heterocycles. The quantitative estimate of drug-likeness (QED) is 0.813. The Kier molecular flexibility index (Phi) is 3.12. The molecule has 1 aromatic rings. The average molecular weight is 236 g/mol. The topological polar surface area (TPSA) is 35.8 Å². The van der Waals surface area contributed by atoms with Gasteiger partial charge in [0.1, 0.15) is 0 Å². The molecule has 1 saturated heterocycles. The Bertz CT molecular complexity index is 463. The molecule has 4 heteroatoms. The molecule has 2 nitrogen and oxygen atoms in total. The number of hydrogen-bond donors (Lipinski definition) is 1. The minimum absolute atomic E-state index is 0.128. The van der Waals surface area contributed by atoms with E-state index >= 15 is 0 Å². The molecule has 0 aliphatic carbocycles. The molecule has 1 unspecified atom stereocenters. The maximum Gasteiger partial charge on any atom is 0.257 e. The fourth-order valence-corrected chi connectivity index (χ4v) is 2.22. The van der Waals surface area contributed by atoms with Crippen LogP contribution in [-0.2, 0) is 0 Å². The molecule has 1 atom stereocenters. The van der Waals surface area contributed by atoms with Gasteiger partial charge in [-0.1, -0.05) is 12.1 Å². The summed E-state index contributed by atoms with van der Waals surface area (Å²) in [7, 11) is 0. The summed E-state index contributed by atoms with van der Waals surface area (Å²) in [5, 5.41) is 11.8. The minimum atomic E-state index is -2.66. The average Bonchev–Trinajstić information content (AvgIpc) is 2.28. The summed E-state index contributed by atoms with van der Waals surface area (Å²) in [5.74, 6) is -3.45. The molecule has 17 heavy (non-hydrogen) atoms. The van der Waals surface area contributed by atoms with Gasteiger partial charge in [0.2, 0.25) is 0 Å². The van der Waals surface area contributed by atoms with Crippen LogP contribution in [0, 0.1) is 18.3 Å². The van der Waals surface area contributed by atoms with Crippen LogP contribution in [0.15, 0.2) is 18.2 Å². The first kappa shape index (κ1) is 12.0. The first-order chi connectivity index (χ1) is 8.04. The fraction of sp³-hybridized carbons (Fsp3) is 0.462. The van der Waals surface area contributed by atoms with Gasteiger partial charge < -0.3 is 5.32 Å². The van der Waals surface area contributed by atoms with Gasteiger partial charge in [0.05, 0.1) is 17.6 Å². The molecule has 1 aliphatic heterocycles. The van der Waals surface area contributed by atoms with E-state index in [1.165, 1.54) is 0 Å². The van der Waals surface area contributed by atoms with Crippen LogP contribution in [0.4, 0.5) is 8.78 Å². The van der Waals surface area contributed by atoms with Crippen molar-refractivity contribution < 1.29 is 8.78 Å². The van der Waals surface area contributed by atoms with Gasteiger partial charge in [0.15, 0.2) is 0 Å². The van der Waals surface area contributed by atoms with E-state index < -0.39 is 11.8 Å². The Labute approximate surface area is 99.3 Å². The molecule has 0 spiro atoms. The van der Waals surface area contributed by atoms with E-state index in [0.29, 0.717) is 24.2 Å². The highest BCUT2D eigenvalue weighted by Gasteiger charge is 2.42. The monoisotopic (exact) mass is 236 g/mol. The zero-order valence-corrected chi connectivity index (χ0v) is 9.63. The predicted octanol–water partition coefficient (Wildman–Crippen LogP) is 2.58. The van der Waals surface area contributed by atoms with Gasteiger partial charge in [-0.3, -0.25) is 0 Å². The normalized spacial score (nSPS) is 23.1. The van der Waals surface area contributed by atoms with Crippen molar-refractivity contribution in [3.63, 3.8) is 0 Å². The van der Waals surface area contributed by atoms with Gasteiger partial charge >= 0.3 is 0 Å². The van der Waals surface area contributed by atoms with Crippen molar-refractivity contribution in [1.82, 2.24) is 5.32 Å². The molecule has 0 amide bonds. The van der Waals surface area contributed by atoms with E-state index in [2.05, 4.69) is 5.32 Å². The molecular formula is C13H14F2N2. The van der Waals surface area contributed by atoms with Crippen molar-refractivity contribution in [2.45, 2.75) is 25.2 Å². The molecule has 1 N–H and O–H groups in total. The third kappa shape index (κ3) is 2.29. The first-order valence-electron chi connectivity index (χ1n) is 5.64. The molecular weight excluding hydrogens is 222 g/mol. The largest absolute Gasteiger partial charge is 0.316 e. The molecule has 1 aromatic carbocycles. The van der Waals surface area contributed by atoms with Crippen LogP contribution in [-0.4, -0.2) is 19.0 Å². The number of hydrogen-bond acceptors (Lipinski definition) is 2. The summed E-state index contributed by atoms with van der Waals surface area (Å²) in [4.78, 5) is 0. The highest BCUT2D eigenvalue weighted by Crippen LogP contribution is 2.38. The first-order valence-corrected chi connectivity index (χ1v) is 5.64. The Morgan fingerprint density at radius 2 is 2.24 bits per heavy atom. The summed E-state index contributed by atoms with van der Waals surface area (Å²) in [6.07, 6.45) is -0.128. The van der Waals surface area contributed by atoms with Crippen molar-refractivity contribution in [2.24, 2.45) is 0 Å². The number of halogens is 2. The van der Waals surface area contributed by atoms with Gasteiger partial charge in [-0.25, -0.2) is 8.78 Å². The van der Waals surface area contributed by atoms with Crippen LogP contribution in [0.3, 0.4) is 0 Å². The third-order valence-corrected chi connectivity index (χ3v) is 3.27. The van der Waals surface area contributed by atoms with E-state index in [-0.39, 0.29) is 6.42 Å². The predicted molar refractivity (Wildman–Crippen MR) is 61.1 cm³/mol. The molecule has 0 bridgehead atoms. The molecule has 90 valence electrons. The van der Waals surface area contributed by atoms with Gasteiger partial charge in [0, 0.05) is 19.5 Å². The van der Waals surface area contributed by atoms with Crippen molar-refractivity contribution >= 4 is 0 Å². The number of nitrogens with one attached hydrogen (secondary N) is 1. The van der Waals surface area contributed by atoms with E-state index in [1.807, 2.05) is 6.07 Å². The Morgan fingerprint density at radius 3 is 2.82 bits per heavy atom. The Balaban J connectivity index is 2.34. The number of nitriles is 1. The minimum Gasteiger partial charge on any atom is -0.316 e. The van der Waals surface area contributed by atoms with Crippen LogP contribution in [0.2, 0.25) is 0 Å². The highest BCUT2D eigenvalue weighted by atomic mass is 19.3. The maximum absolute atomic E-state index is 13.8. The number of aryl methyl sites for hydroxylation is 1. The van der Waals surface area contributed by atoms with Crippen LogP contribution in [0.5, 0.6) is 0 Å². The van der Waals surface area contributed by atoms with Crippen LogP contribution < -0.4 is 5.32 Å². The number of benzene rings is 1. The molecule has 0 radical (unpaired) electrons. The molecule has 1 aliphatic rings. The number of alkyl halides is 2. The zero-order valence-electron chi connectivity index (χ0n) is 9.63. The lowest BCUT2D eigenvalue weighted by molar-refractivity contribution is -0.0479. The second-order valence-corrected chi connectivity index (χ2v) is 4.45. The lowest BCUT2D eigenvalue weighted by atomic mass is 9.86. The van der Waals surface area contributed by atoms with Crippen LogP contribution in [0.1, 0.15) is 29.0 Å². The number of nitrogens with zero attached hydrogens (tertiary/aromatic N) is 1. The number of rotatable bonds is 1. The molecule has 2 rings (SSSR count). The van der Waals surface area contributed by atoms with E-state index in [9.17, 15) is 8.78 Å². The lowest BCUT2D eigenvalue weighted by Gasteiger charge is -2.32. The van der Waals surface area contributed by atoms with Gasteiger partial charge in [-0.05, 0) is 24.1 Å². The van der Waals surface area contributed by atoms with Gasteiger partial charge in [0.25, 0.3) is 5.92 Å². The van der Waals surface area contributed by atoms with Crippen LogP contribution >= 0.6 is 0 Å². The summed E-state index contributed by atoms with van der Waals surface area (Å²) >= 11 is 0. The third-order valence-electron chi connectivity index (χ3n) is 3.27. The van der Waals surface area contributed by atoms with Crippen molar-refractivity contribution in [2.75, 3.05) is 13.1 Å². The second kappa shape index (κ2) is 4.42. The van der Waals surface area contributed by atoms with Crippen molar-refractivity contribution in [3.05, 3.63) is 34.9 Å². The molecule has 1 fully saturated rings. The zero-order chi connectivity index (χ0) is 12.5. The summed E-state index contributed by atoms with van der Waals surface area (Å²) < 4.78 is 27.5. The standard InChI is InChI=1S/C13H14F2N2/c1-9-6-10(2-3-11(9)7-16)12-8-17-5-4-13(12,14)15/h2-3,6,12,17H,4-5,8H2,1H3. The summed E-state index contributed by atoms with van der Waals surface area (Å²) in [6.45, 7) is 2.42. The smallest absolute Gasteiger partial charge is 0.257 e. The lowest BCUT2D eigenvalue weighted by Crippen LogP contribution is -2.42. The van der Waals surface area contributed by atoms with E-state index in [0.717, 1.165) is 5.56 Å². The fourth-order valence-electron chi connectivity index (χ4n) is 2.22. The highest BCUT2D eigenvalue weighted by molar-refractivity contribution is 5.41. The van der Waals surface area contributed by atoms with Crippen molar-refractivity contribution in [1.29, 1.82) is 5.26 Å². The summed E-state index contributed by atoms with van der Waals surface area (Å²) in [6, 6.07) is 7.00. The van der Waals surface area contributed by atoms with Crippen LogP contribution in [0.25, 0.3) is 0 Å². The molecule has 0 aromatic heterocycles. The second-order valence-electron chi connectivity index (χ2n) is 4.45. The van der Waals surface area contributed by atoms with E-state index in [4.69, 9.17) is 5.26 Å². The van der Waals surface area contributed by atoms with Gasteiger partial charge in [-0.2, -0.15) is 5.26 Å². The van der Waals surface area contributed by atoms with Gasteiger partial charge in [-0.15, -0.1) is 0 Å². The number of piperidine rings is 1. The Hall–Kier alpha value is -1.47. The SMILES string of the molecule is Cc1cc(C2CNCCC2(F)F)ccc1C#N. The Morgan fingerprint density at radius 1 is 1.47 bits per heavy atom. The summed E-state index contributed by atoms with van der Waals surface area (Å²) in [5.41, 5.74) is 1.91. The van der Waals surface area contributed by atoms with Crippen molar-refractivity contribution in [3.8, 4) is 6.07 Å².